The van der Waals surface area contributed by atoms with Gasteiger partial charge in [-0.05, 0) is 25.0 Å². The summed E-state index contributed by atoms with van der Waals surface area (Å²) in [6, 6.07) is 9.87. The lowest BCUT2D eigenvalue weighted by molar-refractivity contribution is -0.126. The molecule has 29 heavy (non-hydrogen) atoms. The van der Waals surface area contributed by atoms with Crippen molar-refractivity contribution in [1.82, 2.24) is 10.7 Å². The summed E-state index contributed by atoms with van der Waals surface area (Å²) in [6.45, 7) is 3.99. The highest BCUT2D eigenvalue weighted by atomic mass is 16.2. The minimum absolute atomic E-state index is 0.0462. The Labute approximate surface area is 176 Å². The third kappa shape index (κ3) is 14.3. The fourth-order valence-corrected chi connectivity index (χ4v) is 2.87. The maximum Gasteiger partial charge on any atom is 0.259 e. The van der Waals surface area contributed by atoms with Gasteiger partial charge in [0.05, 0.1) is 12.3 Å². The number of hydrogen-bond donors (Lipinski definition) is 2. The SMILES string of the molecule is CCCCCCCCCCCC(=O)NCC(=O)N/N=C(C)/C=C/c1ccccc1. The number of rotatable bonds is 15. The zero-order valence-corrected chi connectivity index (χ0v) is 18.1. The third-order valence-corrected chi connectivity index (χ3v) is 4.63. The van der Waals surface area contributed by atoms with Gasteiger partial charge in [-0.1, -0.05) is 94.7 Å². The number of carbonyl (C=O) groups excluding carboxylic acids is 2. The number of nitrogens with one attached hydrogen (secondary N) is 2. The number of amides is 2. The molecule has 0 unspecified atom stereocenters. The van der Waals surface area contributed by atoms with Crippen molar-refractivity contribution in [3.8, 4) is 0 Å². The summed E-state index contributed by atoms with van der Waals surface area (Å²) in [5, 5.41) is 6.67. The number of allylic oxidation sites excluding steroid dienone is 1. The van der Waals surface area contributed by atoms with E-state index in [0.717, 1.165) is 18.4 Å². The van der Waals surface area contributed by atoms with Crippen LogP contribution < -0.4 is 10.7 Å². The molecule has 160 valence electrons. The molecule has 0 saturated carbocycles. The van der Waals surface area contributed by atoms with Crippen molar-refractivity contribution in [2.24, 2.45) is 5.10 Å². The monoisotopic (exact) mass is 399 g/mol. The summed E-state index contributed by atoms with van der Waals surface area (Å²) in [6.07, 6.45) is 15.2. The van der Waals surface area contributed by atoms with Crippen LogP contribution in [0.3, 0.4) is 0 Å². The van der Waals surface area contributed by atoms with E-state index in [0.29, 0.717) is 12.1 Å². The molecule has 5 heteroatoms. The predicted octanol–water partition coefficient (Wildman–Crippen LogP) is 5.23. The molecule has 0 aliphatic carbocycles. The quantitative estimate of drug-likeness (QED) is 0.241. The van der Waals surface area contributed by atoms with Gasteiger partial charge in [-0.3, -0.25) is 9.59 Å². The maximum atomic E-state index is 11.8. The predicted molar refractivity (Wildman–Crippen MR) is 122 cm³/mol. The van der Waals surface area contributed by atoms with Crippen molar-refractivity contribution in [3.63, 3.8) is 0 Å². The molecule has 0 fully saturated rings. The molecule has 0 aliphatic rings. The lowest BCUT2D eigenvalue weighted by Crippen LogP contribution is -2.35. The first-order chi connectivity index (χ1) is 14.1. The number of hydrazone groups is 1. The lowest BCUT2D eigenvalue weighted by Gasteiger charge is -2.05. The van der Waals surface area contributed by atoms with Crippen LogP contribution in [0.4, 0.5) is 0 Å². The molecule has 1 rings (SSSR count). The van der Waals surface area contributed by atoms with E-state index in [1.807, 2.05) is 49.4 Å². The van der Waals surface area contributed by atoms with Gasteiger partial charge in [-0.15, -0.1) is 0 Å². The second kappa shape index (κ2) is 16.5. The standard InChI is InChI=1S/C24H37N3O2/c1-3-4-5-6-7-8-9-10-14-17-23(28)25-20-24(29)27-26-21(2)18-19-22-15-12-11-13-16-22/h11-13,15-16,18-19H,3-10,14,17,20H2,1-2H3,(H,25,28)(H,27,29)/b19-18+,26-21+. The molecule has 0 aromatic heterocycles. The van der Waals surface area contributed by atoms with Crippen LogP contribution in [0.15, 0.2) is 41.5 Å². The van der Waals surface area contributed by atoms with Gasteiger partial charge in [0, 0.05) is 6.42 Å². The Kier molecular flexibility index (Phi) is 14.0. The fraction of sp³-hybridized carbons (Fsp3) is 0.542. The normalized spacial score (nSPS) is 11.6. The molecule has 5 nitrogen and oxygen atoms in total. The van der Waals surface area contributed by atoms with E-state index < -0.39 is 0 Å². The minimum atomic E-state index is -0.321. The molecule has 2 amide bonds. The second-order valence-corrected chi connectivity index (χ2v) is 7.39. The molecule has 0 atom stereocenters. The summed E-state index contributed by atoms with van der Waals surface area (Å²) < 4.78 is 0. The molecule has 0 aliphatic heterocycles. The highest BCUT2D eigenvalue weighted by molar-refractivity contribution is 5.97. The van der Waals surface area contributed by atoms with Crippen molar-refractivity contribution >= 4 is 23.6 Å². The summed E-state index contributed by atoms with van der Waals surface area (Å²) in [4.78, 5) is 23.6. The smallest absolute Gasteiger partial charge is 0.259 e. The van der Waals surface area contributed by atoms with Gasteiger partial charge in [0.1, 0.15) is 0 Å². The van der Waals surface area contributed by atoms with Crippen molar-refractivity contribution in [3.05, 3.63) is 42.0 Å². The van der Waals surface area contributed by atoms with Crippen LogP contribution in [0.25, 0.3) is 6.08 Å². The van der Waals surface area contributed by atoms with Gasteiger partial charge in [-0.2, -0.15) is 5.10 Å². The fourth-order valence-electron chi connectivity index (χ4n) is 2.87. The zero-order chi connectivity index (χ0) is 21.2. The van der Waals surface area contributed by atoms with Gasteiger partial charge in [-0.25, -0.2) is 5.43 Å². The molecule has 1 aromatic rings. The van der Waals surface area contributed by atoms with E-state index in [1.165, 1.54) is 44.9 Å². The number of hydrogen-bond acceptors (Lipinski definition) is 3. The molecule has 0 heterocycles. The van der Waals surface area contributed by atoms with Crippen LogP contribution in [-0.4, -0.2) is 24.1 Å². The van der Waals surface area contributed by atoms with Crippen LogP contribution in [0, 0.1) is 0 Å². The summed E-state index contributed by atoms with van der Waals surface area (Å²) in [7, 11) is 0. The van der Waals surface area contributed by atoms with Crippen LogP contribution in [0.1, 0.15) is 83.6 Å². The van der Waals surface area contributed by atoms with E-state index in [9.17, 15) is 9.59 Å². The minimum Gasteiger partial charge on any atom is -0.347 e. The Balaban J connectivity index is 2.07. The number of unbranched alkanes of at least 4 members (excludes halogenated alkanes) is 8. The van der Waals surface area contributed by atoms with Crippen LogP contribution in [0.2, 0.25) is 0 Å². The van der Waals surface area contributed by atoms with Gasteiger partial charge in [0.2, 0.25) is 5.91 Å². The highest BCUT2D eigenvalue weighted by Crippen LogP contribution is 2.10. The summed E-state index contributed by atoms with van der Waals surface area (Å²) in [5.41, 5.74) is 4.21. The molecule has 0 saturated heterocycles. The topological polar surface area (TPSA) is 70.6 Å². The molecule has 0 radical (unpaired) electrons. The van der Waals surface area contributed by atoms with Crippen molar-refractivity contribution in [2.75, 3.05) is 6.54 Å². The molecule has 0 bridgehead atoms. The van der Waals surface area contributed by atoms with Crippen molar-refractivity contribution < 1.29 is 9.59 Å². The largest absolute Gasteiger partial charge is 0.347 e. The van der Waals surface area contributed by atoms with E-state index in [4.69, 9.17) is 0 Å². The van der Waals surface area contributed by atoms with Gasteiger partial charge in [0.25, 0.3) is 5.91 Å². The average Bonchev–Trinajstić information content (AvgIpc) is 2.74. The Bertz CT molecular complexity index is 639. The first kappa shape index (κ1) is 24.6. The number of benzene rings is 1. The van der Waals surface area contributed by atoms with Gasteiger partial charge in [0.15, 0.2) is 0 Å². The number of carbonyl (C=O) groups is 2. The highest BCUT2D eigenvalue weighted by Gasteiger charge is 2.04. The lowest BCUT2D eigenvalue weighted by atomic mass is 10.1. The molecule has 1 aromatic carbocycles. The molecular weight excluding hydrogens is 362 g/mol. The van der Waals surface area contributed by atoms with Crippen LogP contribution >= 0.6 is 0 Å². The van der Waals surface area contributed by atoms with E-state index in [1.54, 1.807) is 0 Å². The van der Waals surface area contributed by atoms with E-state index in [-0.39, 0.29) is 18.4 Å². The van der Waals surface area contributed by atoms with E-state index >= 15 is 0 Å². The maximum absolute atomic E-state index is 11.8. The van der Waals surface area contributed by atoms with E-state index in [2.05, 4.69) is 22.8 Å². The summed E-state index contributed by atoms with van der Waals surface area (Å²) in [5.74, 6) is -0.398. The zero-order valence-electron chi connectivity index (χ0n) is 18.1. The Morgan fingerprint density at radius 2 is 1.52 bits per heavy atom. The van der Waals surface area contributed by atoms with Gasteiger partial charge < -0.3 is 5.32 Å². The second-order valence-electron chi connectivity index (χ2n) is 7.39. The first-order valence-corrected chi connectivity index (χ1v) is 10.9. The third-order valence-electron chi connectivity index (χ3n) is 4.63. The van der Waals surface area contributed by atoms with Crippen molar-refractivity contribution in [2.45, 2.75) is 78.1 Å². The van der Waals surface area contributed by atoms with Gasteiger partial charge >= 0.3 is 0 Å². The Hall–Kier alpha value is -2.43. The van der Waals surface area contributed by atoms with Crippen LogP contribution in [-0.2, 0) is 9.59 Å². The summed E-state index contributed by atoms with van der Waals surface area (Å²) >= 11 is 0. The Morgan fingerprint density at radius 1 is 0.897 bits per heavy atom. The van der Waals surface area contributed by atoms with Crippen molar-refractivity contribution in [1.29, 1.82) is 0 Å². The Morgan fingerprint density at radius 3 is 2.17 bits per heavy atom. The van der Waals surface area contributed by atoms with Crippen LogP contribution in [0.5, 0.6) is 0 Å². The molecule has 2 N–H and O–H groups in total. The molecular formula is C24H37N3O2. The average molecular weight is 400 g/mol. The molecule has 0 spiro atoms. The first-order valence-electron chi connectivity index (χ1n) is 10.9. The number of nitrogens with zero attached hydrogens (tertiary/aromatic N) is 1.